The van der Waals surface area contributed by atoms with Gasteiger partial charge in [0.2, 0.25) is 5.78 Å². The van der Waals surface area contributed by atoms with Crippen LogP contribution in [0.25, 0.3) is 0 Å². The Bertz CT molecular complexity index is 2750. The van der Waals surface area contributed by atoms with Crippen LogP contribution in [0.2, 0.25) is 0 Å². The van der Waals surface area contributed by atoms with Crippen molar-refractivity contribution in [2.75, 3.05) is 26.7 Å². The van der Waals surface area contributed by atoms with Gasteiger partial charge < -0.3 is 52.0 Å². The Labute approximate surface area is 443 Å². The van der Waals surface area contributed by atoms with Crippen LogP contribution in [0, 0.1) is 40.9 Å². The molecule has 0 amide bonds. The van der Waals surface area contributed by atoms with Gasteiger partial charge in [0.25, 0.3) is 5.60 Å². The van der Waals surface area contributed by atoms with Gasteiger partial charge in [-0.05, 0) is 185 Å². The number of hydrogen-bond acceptors (Lipinski definition) is 13. The van der Waals surface area contributed by atoms with Crippen LogP contribution in [0.1, 0.15) is 156 Å². The topological polar surface area (TPSA) is 200 Å². The molecule has 1 saturated heterocycles. The summed E-state index contributed by atoms with van der Waals surface area (Å²) < 4.78 is 14.1. The normalized spacial score (nSPS) is 40.0. The van der Waals surface area contributed by atoms with Crippen LogP contribution in [0.3, 0.4) is 0 Å². The van der Waals surface area contributed by atoms with Crippen molar-refractivity contribution in [2.45, 2.75) is 178 Å². The predicted molar refractivity (Wildman–Crippen MR) is 289 cm³/mol. The smallest absolute Gasteiger partial charge is 0.350 e. The summed E-state index contributed by atoms with van der Waals surface area (Å²) in [6, 6.07) is 5.58. The summed E-state index contributed by atoms with van der Waals surface area (Å²) in [5.41, 5.74) is 10.8. The van der Waals surface area contributed by atoms with Crippen LogP contribution >= 0.6 is 0 Å². The maximum absolute atomic E-state index is 16.2. The highest BCUT2D eigenvalue weighted by molar-refractivity contribution is 6.33. The van der Waals surface area contributed by atoms with E-state index in [-0.39, 0.29) is 71.5 Å². The Morgan fingerprint density at radius 2 is 1.88 bits per heavy atom. The summed E-state index contributed by atoms with van der Waals surface area (Å²) in [5.74, 6) is -0.161. The molecule has 11 bridgehead atoms. The summed E-state index contributed by atoms with van der Waals surface area (Å²) >= 11 is 0. The molecule has 1 spiro atoms. The molecule has 3 fully saturated rings. The quantitative estimate of drug-likeness (QED) is 0.0523. The minimum atomic E-state index is -2.26. The molecule has 14 unspecified atom stereocenters. The van der Waals surface area contributed by atoms with E-state index in [2.05, 4.69) is 77.0 Å². The molecule has 13 heteroatoms. The van der Waals surface area contributed by atoms with Crippen LogP contribution in [0.15, 0.2) is 99.6 Å². The molecule has 402 valence electrons. The van der Waals surface area contributed by atoms with Gasteiger partial charge in [0, 0.05) is 47.7 Å². The molecule has 13 nitrogen and oxygen atoms in total. The van der Waals surface area contributed by atoms with Crippen LogP contribution in [0.5, 0.6) is 0 Å². The number of esters is 1. The van der Waals surface area contributed by atoms with Crippen molar-refractivity contribution in [2.24, 2.45) is 46.7 Å². The maximum atomic E-state index is 16.2. The van der Waals surface area contributed by atoms with E-state index in [1.807, 2.05) is 26.1 Å². The van der Waals surface area contributed by atoms with E-state index in [9.17, 15) is 10.2 Å². The van der Waals surface area contributed by atoms with E-state index >= 15 is 14.4 Å². The van der Waals surface area contributed by atoms with Crippen molar-refractivity contribution < 1.29 is 34.1 Å². The summed E-state index contributed by atoms with van der Waals surface area (Å²) in [4.78, 5) is 48.2. The minimum Gasteiger partial charge on any atom is -0.459 e. The minimum absolute atomic E-state index is 0.0758. The number of allylic oxidation sites excluding steroid dienone is 8. The van der Waals surface area contributed by atoms with E-state index in [4.69, 9.17) is 15.2 Å². The van der Waals surface area contributed by atoms with Gasteiger partial charge in [-0.25, -0.2) is 4.79 Å². The number of likely N-dealkylation sites (N-methyl/N-ethyl adjacent to an activating group) is 1. The number of carbonyl (C=O) groups is 3. The molecular weight excluding hydrogens is 941 g/mol. The fourth-order valence-corrected chi connectivity index (χ4v) is 17.0. The fourth-order valence-electron chi connectivity index (χ4n) is 17.0. The van der Waals surface area contributed by atoms with Crippen molar-refractivity contribution in [1.82, 2.24) is 26.6 Å². The van der Waals surface area contributed by atoms with Crippen LogP contribution < -0.4 is 32.3 Å². The number of ether oxygens (including phenoxy) is 2. The Kier molecular flexibility index (Phi) is 13.4. The number of nitrogens with one attached hydrogen (secondary N) is 5. The summed E-state index contributed by atoms with van der Waals surface area (Å²) in [5, 5.41) is 41.4. The molecular formula is C62H82N6O7. The second-order valence-corrected chi connectivity index (χ2v) is 25.2. The number of rotatable bonds is 9. The first kappa shape index (κ1) is 51.1. The first-order valence-corrected chi connectivity index (χ1v) is 29.0. The van der Waals surface area contributed by atoms with Gasteiger partial charge in [-0.15, -0.1) is 0 Å². The van der Waals surface area contributed by atoms with Gasteiger partial charge in [-0.1, -0.05) is 80.8 Å². The lowest BCUT2D eigenvalue weighted by atomic mass is 9.50. The Morgan fingerprint density at radius 1 is 1.01 bits per heavy atom. The Morgan fingerprint density at radius 3 is 2.71 bits per heavy atom. The third-order valence-corrected chi connectivity index (χ3v) is 20.8. The standard InChI is InChI=1S/C62H82N6O7/c1-5-67-60-30-41-12-8-11-37-10-6-7-22-59(3)28-36-24-40(56(63)66-33-36)18-17-39-25-44(70)26-48(49(39)32-60)53(50(60)27-47(37)41)74-58(73)62-55(72)52-42(29-59)13-9-14-46(52)54(71)61(62,75-62)31-43(34-69)35(2)15-16-38-21-23-65-57-45(38)19-20-51(64-4)68-57/h8-9,12-14,21,24,30,33,37,39,44,47-51,53,56,64-70H,5-7,10-11,15-20,22-23,25-29,31-32,34,63H2,1-4H3. The van der Waals surface area contributed by atoms with Crippen molar-refractivity contribution in [3.8, 4) is 0 Å². The SMILES string of the molecule is CCNC12C=C3C=CCC4CCCCC5(C)CC6=CNC(N)C(=C6)CCC6CC(O)CC(C6C1)C(OC(=O)C16OC1(CC(CO)=C(C)CCC1=CCNC7=C1CCC(NC)N7)C(=O)c1cccc(c1C6=O)C5)C2CC34. The molecule has 0 radical (unpaired) electrons. The molecule has 12 rings (SSSR count). The summed E-state index contributed by atoms with van der Waals surface area (Å²) in [7, 11) is 1.96. The molecule has 2 saturated carbocycles. The first-order chi connectivity index (χ1) is 36.2. The number of ketones is 2. The zero-order valence-corrected chi connectivity index (χ0v) is 44.8. The number of benzene rings is 1. The highest BCUT2D eigenvalue weighted by atomic mass is 16.7. The number of carbonyl (C=O) groups excluding carboxylic acids is 3. The average molecular weight is 1020 g/mol. The lowest BCUT2D eigenvalue weighted by molar-refractivity contribution is -0.180. The van der Waals surface area contributed by atoms with Gasteiger partial charge in [0.05, 0.1) is 25.0 Å². The Balaban J connectivity index is 1.00. The number of epoxide rings is 1. The van der Waals surface area contributed by atoms with E-state index in [1.165, 1.54) is 16.7 Å². The number of hydrogen-bond donors (Lipinski definition) is 8. The molecule has 75 heavy (non-hydrogen) atoms. The summed E-state index contributed by atoms with van der Waals surface area (Å²) in [6.07, 6.45) is 26.2. The molecule has 9 N–H and O–H groups in total. The lowest BCUT2D eigenvalue weighted by Gasteiger charge is -2.60. The van der Waals surface area contributed by atoms with Gasteiger partial charge in [-0.2, -0.15) is 0 Å². The van der Waals surface area contributed by atoms with Crippen molar-refractivity contribution in [3.63, 3.8) is 0 Å². The molecule has 11 aliphatic rings. The number of fused-ring (bicyclic) bond motifs is 3. The zero-order chi connectivity index (χ0) is 52.0. The molecule has 1 aromatic carbocycles. The van der Waals surface area contributed by atoms with Crippen LogP contribution in [-0.4, -0.2) is 95.8 Å². The van der Waals surface area contributed by atoms with Gasteiger partial charge in [0.1, 0.15) is 11.9 Å². The maximum Gasteiger partial charge on any atom is 0.350 e. The second-order valence-electron chi connectivity index (χ2n) is 25.2. The molecule has 14 atom stereocenters. The second kappa shape index (κ2) is 19.7. The van der Waals surface area contributed by atoms with E-state index in [0.29, 0.717) is 50.3 Å². The van der Waals surface area contributed by atoms with Crippen molar-refractivity contribution in [1.29, 1.82) is 0 Å². The third-order valence-electron chi connectivity index (χ3n) is 20.8. The molecule has 0 aromatic heterocycles. The van der Waals surface area contributed by atoms with Gasteiger partial charge >= 0.3 is 5.97 Å². The van der Waals surface area contributed by atoms with Crippen LogP contribution in [-0.2, 0) is 20.7 Å². The van der Waals surface area contributed by atoms with Crippen LogP contribution in [0.4, 0.5) is 0 Å². The predicted octanol–water partition coefficient (Wildman–Crippen LogP) is 7.53. The monoisotopic (exact) mass is 1020 g/mol. The van der Waals surface area contributed by atoms with Gasteiger partial charge in [0.15, 0.2) is 11.4 Å². The number of aliphatic hydroxyl groups is 2. The van der Waals surface area contributed by atoms with E-state index in [1.54, 1.807) is 6.07 Å². The van der Waals surface area contributed by atoms with Crippen molar-refractivity contribution in [3.05, 3.63) is 116 Å². The molecule has 6 aliphatic heterocycles. The molecule has 1 aromatic rings. The number of dihydropyridines is 2. The number of aliphatic hydroxyl groups excluding tert-OH is 2. The van der Waals surface area contributed by atoms with Crippen molar-refractivity contribution >= 4 is 17.5 Å². The largest absolute Gasteiger partial charge is 0.459 e. The summed E-state index contributed by atoms with van der Waals surface area (Å²) in [6.45, 7) is 7.54. The van der Waals surface area contributed by atoms with E-state index in [0.717, 1.165) is 112 Å². The highest BCUT2D eigenvalue weighted by Gasteiger charge is 2.86. The molecule has 5 aliphatic carbocycles. The third kappa shape index (κ3) is 8.60. The zero-order valence-electron chi connectivity index (χ0n) is 44.8. The Hall–Kier alpha value is -4.63. The number of nitrogens with two attached hydrogens (primary N) is 1. The van der Waals surface area contributed by atoms with Gasteiger partial charge in [-0.3, -0.25) is 9.59 Å². The first-order valence-electron chi connectivity index (χ1n) is 29.0. The molecule has 6 heterocycles. The average Bonchev–Trinajstić information content (AvgIpc) is 4.24. The highest BCUT2D eigenvalue weighted by Crippen LogP contribution is 2.63. The fraction of sp³-hybridized carbons (Fsp3) is 0.629. The number of Topliss-reactive ketones (excluding diaryl/α,β-unsaturated/α-hetero) is 2. The lowest BCUT2D eigenvalue weighted by Crippen LogP contribution is -2.66. The van der Waals surface area contributed by atoms with E-state index < -0.39 is 46.5 Å².